The molecule has 0 bridgehead atoms. The lowest BCUT2D eigenvalue weighted by Crippen LogP contribution is -2.22. The predicted molar refractivity (Wildman–Crippen MR) is 103 cm³/mol. The van der Waals surface area contributed by atoms with Gasteiger partial charge in [0.1, 0.15) is 11.3 Å². The van der Waals surface area contributed by atoms with Crippen LogP contribution in [0.4, 0.5) is 36.4 Å². The minimum atomic E-state index is -4.73. The Kier molecular flexibility index (Phi) is 5.23. The van der Waals surface area contributed by atoms with E-state index >= 15 is 0 Å². The molecule has 4 aromatic rings. The largest absolute Gasteiger partial charge is 0.416 e. The number of nitrogens with zero attached hydrogens (tertiary/aromatic N) is 1. The average molecular weight is 469 g/mol. The zero-order valence-electron chi connectivity index (χ0n) is 16.0. The molecule has 33 heavy (non-hydrogen) atoms. The molecule has 2 N–H and O–H groups in total. The van der Waals surface area contributed by atoms with Gasteiger partial charge in [-0.05, 0) is 29.8 Å². The first-order chi connectivity index (χ1) is 15.5. The van der Waals surface area contributed by atoms with Crippen LogP contribution in [0, 0.1) is 23.3 Å². The summed E-state index contributed by atoms with van der Waals surface area (Å²) in [4.78, 5) is 24.6. The molecule has 0 spiro atoms. The van der Waals surface area contributed by atoms with E-state index in [0.29, 0.717) is 24.3 Å². The summed E-state index contributed by atoms with van der Waals surface area (Å²) in [6.45, 7) is 0. The molecule has 0 aliphatic carbocycles. The third kappa shape index (κ3) is 3.73. The van der Waals surface area contributed by atoms with Crippen molar-refractivity contribution in [1.29, 1.82) is 0 Å². The van der Waals surface area contributed by atoms with Crippen molar-refractivity contribution in [2.45, 2.75) is 6.18 Å². The van der Waals surface area contributed by atoms with E-state index in [1.165, 1.54) is 24.4 Å². The van der Waals surface area contributed by atoms with Crippen LogP contribution in [0.3, 0.4) is 0 Å². The van der Waals surface area contributed by atoms with E-state index < -0.39 is 68.9 Å². The van der Waals surface area contributed by atoms with E-state index in [9.17, 15) is 40.3 Å². The first kappa shape index (κ1) is 22.1. The van der Waals surface area contributed by atoms with Gasteiger partial charge in [0, 0.05) is 6.20 Å². The number of amides is 1. The number of nitrogens with one attached hydrogen (secondary N) is 2. The minimum Gasteiger partial charge on any atom is -0.317 e. The zero-order valence-corrected chi connectivity index (χ0v) is 16.0. The van der Waals surface area contributed by atoms with E-state index in [4.69, 9.17) is 0 Å². The van der Waals surface area contributed by atoms with Crippen molar-refractivity contribution in [3.63, 3.8) is 0 Å². The Balaban J connectivity index is 1.76. The van der Waals surface area contributed by atoms with E-state index in [0.717, 1.165) is 4.52 Å². The fourth-order valence-electron chi connectivity index (χ4n) is 3.24. The number of hydrogen-bond acceptors (Lipinski definition) is 2. The molecule has 1 amide bonds. The molecule has 170 valence electrons. The number of pyridine rings is 1. The van der Waals surface area contributed by atoms with Gasteiger partial charge >= 0.3 is 6.18 Å². The van der Waals surface area contributed by atoms with Gasteiger partial charge < -0.3 is 5.32 Å². The number of anilines is 1. The van der Waals surface area contributed by atoms with Crippen LogP contribution in [0.2, 0.25) is 0 Å². The average Bonchev–Trinajstić information content (AvgIpc) is 3.11. The van der Waals surface area contributed by atoms with Crippen LogP contribution in [0.15, 0.2) is 53.5 Å². The molecule has 0 aliphatic heterocycles. The summed E-state index contributed by atoms with van der Waals surface area (Å²) in [5.41, 5.74) is -5.93. The van der Waals surface area contributed by atoms with Crippen LogP contribution in [-0.4, -0.2) is 15.5 Å². The maximum atomic E-state index is 14.6. The lowest BCUT2D eigenvalue weighted by Gasteiger charge is -2.13. The van der Waals surface area contributed by atoms with Gasteiger partial charge in [-0.2, -0.15) is 13.2 Å². The lowest BCUT2D eigenvalue weighted by molar-refractivity contribution is -0.137. The molecular formula is C21H10F7N3O2. The van der Waals surface area contributed by atoms with E-state index in [1.807, 2.05) is 0 Å². The van der Waals surface area contributed by atoms with Crippen molar-refractivity contribution in [2.75, 3.05) is 5.32 Å². The van der Waals surface area contributed by atoms with Gasteiger partial charge in [-0.1, -0.05) is 18.2 Å². The summed E-state index contributed by atoms with van der Waals surface area (Å²) < 4.78 is 97.7. The molecule has 0 atom stereocenters. The fraction of sp³-hybridized carbons (Fsp3) is 0.0476. The summed E-state index contributed by atoms with van der Waals surface area (Å²) in [7, 11) is 0. The van der Waals surface area contributed by atoms with E-state index in [2.05, 4.69) is 5.10 Å². The Morgan fingerprint density at radius 1 is 0.879 bits per heavy atom. The third-order valence-corrected chi connectivity index (χ3v) is 4.79. The molecule has 2 aromatic carbocycles. The monoisotopic (exact) mass is 469 g/mol. The minimum absolute atomic E-state index is 0.0307. The lowest BCUT2D eigenvalue weighted by atomic mass is 10.0. The van der Waals surface area contributed by atoms with Crippen molar-refractivity contribution < 1.29 is 35.5 Å². The molecule has 0 saturated heterocycles. The summed E-state index contributed by atoms with van der Waals surface area (Å²) in [6, 6.07) is 6.61. The highest BCUT2D eigenvalue weighted by molar-refractivity contribution is 6.08. The van der Waals surface area contributed by atoms with Gasteiger partial charge in [0.05, 0.1) is 16.6 Å². The quantitative estimate of drug-likeness (QED) is 0.323. The Morgan fingerprint density at radius 2 is 1.48 bits per heavy atom. The van der Waals surface area contributed by atoms with Crippen LogP contribution in [0.1, 0.15) is 15.9 Å². The van der Waals surface area contributed by atoms with Crippen LogP contribution >= 0.6 is 0 Å². The fourth-order valence-corrected chi connectivity index (χ4v) is 3.24. The standard InChI is InChI=1S/C21H10F7N3O2/c22-14-12(9-4-6-10(7-5-9)21(26,27)28)15(23)17(25)18(16(14)24)29-19(32)13-11-3-1-2-8-31(11)30-20(13)33/h1-8H,(H,29,32)(H,30,33). The third-order valence-electron chi connectivity index (χ3n) is 4.79. The molecule has 12 heteroatoms. The number of alkyl halides is 3. The second kappa shape index (κ2) is 7.80. The second-order valence-corrected chi connectivity index (χ2v) is 6.81. The number of aromatic nitrogens is 2. The zero-order chi connectivity index (χ0) is 24.1. The summed E-state index contributed by atoms with van der Waals surface area (Å²) in [6.07, 6.45) is -3.35. The van der Waals surface area contributed by atoms with Gasteiger partial charge in [-0.3, -0.25) is 19.2 Å². The van der Waals surface area contributed by atoms with Gasteiger partial charge in [0.25, 0.3) is 11.5 Å². The van der Waals surface area contributed by atoms with Crippen LogP contribution < -0.4 is 10.9 Å². The molecule has 0 unspecified atom stereocenters. The van der Waals surface area contributed by atoms with Crippen LogP contribution in [-0.2, 0) is 6.18 Å². The number of halogens is 7. The molecule has 4 rings (SSSR count). The number of H-pyrrole nitrogens is 1. The number of carbonyl (C=O) groups is 1. The van der Waals surface area contributed by atoms with Gasteiger partial charge in [0.15, 0.2) is 23.3 Å². The second-order valence-electron chi connectivity index (χ2n) is 6.81. The smallest absolute Gasteiger partial charge is 0.317 e. The van der Waals surface area contributed by atoms with Crippen molar-refractivity contribution >= 4 is 17.1 Å². The van der Waals surface area contributed by atoms with Gasteiger partial charge in [-0.25, -0.2) is 17.6 Å². The molecule has 2 aromatic heterocycles. The first-order valence-electron chi connectivity index (χ1n) is 9.05. The molecular weight excluding hydrogens is 459 g/mol. The number of aromatic amines is 1. The van der Waals surface area contributed by atoms with Crippen molar-refractivity contribution in [1.82, 2.24) is 9.61 Å². The Bertz CT molecular complexity index is 1420. The highest BCUT2D eigenvalue weighted by Gasteiger charge is 2.32. The van der Waals surface area contributed by atoms with Crippen molar-refractivity contribution in [3.05, 3.63) is 93.4 Å². The molecule has 0 fully saturated rings. The molecule has 0 saturated carbocycles. The summed E-state index contributed by atoms with van der Waals surface area (Å²) in [5, 5.41) is 3.93. The Labute approximate surface area is 179 Å². The van der Waals surface area contributed by atoms with Crippen molar-refractivity contribution in [3.8, 4) is 11.1 Å². The molecule has 5 nitrogen and oxygen atoms in total. The maximum Gasteiger partial charge on any atom is 0.416 e. The highest BCUT2D eigenvalue weighted by atomic mass is 19.4. The summed E-state index contributed by atoms with van der Waals surface area (Å²) in [5.74, 6) is -9.24. The molecule has 0 radical (unpaired) electrons. The maximum absolute atomic E-state index is 14.6. The normalized spacial score (nSPS) is 11.7. The van der Waals surface area contributed by atoms with Gasteiger partial charge in [-0.15, -0.1) is 0 Å². The van der Waals surface area contributed by atoms with Crippen molar-refractivity contribution in [2.24, 2.45) is 0 Å². The summed E-state index contributed by atoms with van der Waals surface area (Å²) >= 11 is 0. The van der Waals surface area contributed by atoms with Gasteiger partial charge in [0.2, 0.25) is 0 Å². The molecule has 0 aliphatic rings. The predicted octanol–water partition coefficient (Wildman–Crippen LogP) is 5.12. The van der Waals surface area contributed by atoms with Crippen LogP contribution in [0.5, 0.6) is 0 Å². The number of hydrogen-bond donors (Lipinski definition) is 2. The number of carbonyl (C=O) groups excluding carboxylic acids is 1. The Hall–Kier alpha value is -4.09. The van der Waals surface area contributed by atoms with E-state index in [1.54, 1.807) is 5.32 Å². The SMILES string of the molecule is O=C(Nc1c(F)c(F)c(-c2ccc(C(F)(F)F)cc2)c(F)c1F)c1c(=O)[nH]n2ccccc12. The van der Waals surface area contributed by atoms with E-state index in [-0.39, 0.29) is 5.52 Å². The first-order valence-corrected chi connectivity index (χ1v) is 9.05. The number of fused-ring (bicyclic) bond motifs is 1. The number of rotatable bonds is 3. The highest BCUT2D eigenvalue weighted by Crippen LogP contribution is 2.36. The molecule has 2 heterocycles. The number of benzene rings is 2. The van der Waals surface area contributed by atoms with Crippen LogP contribution in [0.25, 0.3) is 16.6 Å². The topological polar surface area (TPSA) is 66.4 Å². The Morgan fingerprint density at radius 3 is 2.06 bits per heavy atom.